The van der Waals surface area contributed by atoms with Crippen LogP contribution in [0.3, 0.4) is 0 Å². The van der Waals surface area contributed by atoms with Crippen molar-refractivity contribution in [2.45, 2.75) is 43.0 Å². The minimum absolute atomic E-state index is 0.181. The van der Waals surface area contributed by atoms with E-state index in [9.17, 15) is 4.79 Å². The van der Waals surface area contributed by atoms with E-state index in [0.717, 1.165) is 41.0 Å². The number of likely N-dealkylation sites (tertiary alicyclic amines) is 1. The number of hydrogen-bond donors (Lipinski definition) is 1. The predicted octanol–water partition coefficient (Wildman–Crippen LogP) is 1.93. The molecule has 1 aliphatic heterocycles. The number of amides is 1. The molecule has 0 radical (unpaired) electrons. The van der Waals surface area contributed by atoms with Gasteiger partial charge in [-0.2, -0.15) is 0 Å². The molecule has 1 fully saturated rings. The Morgan fingerprint density at radius 3 is 3.05 bits per heavy atom. The first-order valence-electron chi connectivity index (χ1n) is 7.05. The Morgan fingerprint density at radius 2 is 2.40 bits per heavy atom. The Kier molecular flexibility index (Phi) is 6.25. The van der Waals surface area contributed by atoms with Crippen LogP contribution < -0.4 is 5.32 Å². The Bertz CT molecular complexity index is 438. The fraction of sp³-hybridized carbons (Fsp3) is 0.769. The molecule has 0 aliphatic carbocycles. The maximum atomic E-state index is 11.8. The summed E-state index contributed by atoms with van der Waals surface area (Å²) in [6.45, 7) is 3.83. The van der Waals surface area contributed by atoms with Crippen LogP contribution in [0.1, 0.15) is 30.7 Å². The van der Waals surface area contributed by atoms with Crippen LogP contribution in [0.5, 0.6) is 0 Å². The van der Waals surface area contributed by atoms with Crippen molar-refractivity contribution in [2.75, 3.05) is 25.9 Å². The highest BCUT2D eigenvalue weighted by atomic mass is 32.2. The number of aromatic nitrogens is 2. The zero-order valence-corrected chi connectivity index (χ0v) is 13.7. The third kappa shape index (κ3) is 5.03. The summed E-state index contributed by atoms with van der Waals surface area (Å²) in [5.41, 5.74) is 0. The molecule has 0 bridgehead atoms. The van der Waals surface area contributed by atoms with Gasteiger partial charge in [0.05, 0.1) is 0 Å². The molecule has 5 nitrogen and oxygen atoms in total. The van der Waals surface area contributed by atoms with Gasteiger partial charge in [0.25, 0.3) is 0 Å². The number of rotatable bonds is 7. The van der Waals surface area contributed by atoms with Crippen molar-refractivity contribution in [1.82, 2.24) is 20.4 Å². The van der Waals surface area contributed by atoms with Crippen molar-refractivity contribution in [2.24, 2.45) is 0 Å². The van der Waals surface area contributed by atoms with Crippen LogP contribution in [0, 0.1) is 6.92 Å². The normalized spacial score (nSPS) is 19.4. The number of carbonyl (C=O) groups is 1. The van der Waals surface area contributed by atoms with Gasteiger partial charge in [0, 0.05) is 24.8 Å². The number of thioether (sulfide) groups is 1. The van der Waals surface area contributed by atoms with Gasteiger partial charge < -0.3 is 10.2 Å². The fourth-order valence-electron chi connectivity index (χ4n) is 2.32. The first kappa shape index (κ1) is 15.7. The molecule has 1 aromatic rings. The summed E-state index contributed by atoms with van der Waals surface area (Å²) in [6, 6.07) is 0.439. The van der Waals surface area contributed by atoms with Crippen molar-refractivity contribution in [1.29, 1.82) is 0 Å². The van der Waals surface area contributed by atoms with Crippen LogP contribution in [0.2, 0.25) is 0 Å². The largest absolute Gasteiger partial charge is 0.356 e. The van der Waals surface area contributed by atoms with E-state index in [4.69, 9.17) is 0 Å². The van der Waals surface area contributed by atoms with E-state index in [1.165, 1.54) is 6.42 Å². The Hall–Kier alpha value is -0.660. The second-order valence-corrected chi connectivity index (χ2v) is 7.64. The minimum atomic E-state index is 0.181. The summed E-state index contributed by atoms with van der Waals surface area (Å²) in [5, 5.41) is 12.1. The second-order valence-electron chi connectivity index (χ2n) is 5.12. The smallest absolute Gasteiger partial charge is 0.221 e. The van der Waals surface area contributed by atoms with E-state index in [2.05, 4.69) is 27.5 Å². The van der Waals surface area contributed by atoms with Crippen LogP contribution in [-0.2, 0) is 4.79 Å². The molecule has 1 unspecified atom stereocenters. The molecule has 0 saturated carbocycles. The molecule has 112 valence electrons. The molecule has 2 rings (SSSR count). The van der Waals surface area contributed by atoms with Gasteiger partial charge in [0.2, 0.25) is 5.91 Å². The second kappa shape index (κ2) is 7.95. The highest BCUT2D eigenvalue weighted by Gasteiger charge is 2.22. The lowest BCUT2D eigenvalue weighted by molar-refractivity contribution is -0.122. The molecule has 1 saturated heterocycles. The van der Waals surface area contributed by atoms with Gasteiger partial charge in [-0.1, -0.05) is 23.1 Å². The van der Waals surface area contributed by atoms with Crippen LogP contribution in [-0.4, -0.2) is 52.9 Å². The number of aryl methyl sites for hydroxylation is 1. The predicted molar refractivity (Wildman–Crippen MR) is 83.3 cm³/mol. The first-order valence-corrected chi connectivity index (χ1v) is 8.85. The van der Waals surface area contributed by atoms with Crippen molar-refractivity contribution in [3.8, 4) is 0 Å². The standard InChI is InChI=1S/C13H22N4OS2/c1-10-15-16-13(20-10)19-8-4-6-14-12(18)9-11-5-3-7-17(11)2/h11H,3-9H2,1-2H3,(H,14,18). The summed E-state index contributed by atoms with van der Waals surface area (Å²) in [6.07, 6.45) is 3.97. The van der Waals surface area contributed by atoms with Gasteiger partial charge in [-0.25, -0.2) is 0 Å². The maximum Gasteiger partial charge on any atom is 0.221 e. The molecule has 0 aromatic carbocycles. The van der Waals surface area contributed by atoms with Crippen molar-refractivity contribution in [3.05, 3.63) is 5.01 Å². The lowest BCUT2D eigenvalue weighted by Gasteiger charge is -2.18. The highest BCUT2D eigenvalue weighted by Crippen LogP contribution is 2.22. The molecule has 1 amide bonds. The molecular weight excluding hydrogens is 292 g/mol. The molecule has 0 spiro atoms. The number of carbonyl (C=O) groups excluding carboxylic acids is 1. The maximum absolute atomic E-state index is 11.8. The van der Waals surface area contributed by atoms with Crippen molar-refractivity contribution in [3.63, 3.8) is 0 Å². The molecule has 2 heterocycles. The van der Waals surface area contributed by atoms with Gasteiger partial charge in [0.1, 0.15) is 5.01 Å². The minimum Gasteiger partial charge on any atom is -0.356 e. The number of nitrogens with one attached hydrogen (secondary N) is 1. The van der Waals surface area contributed by atoms with E-state index in [-0.39, 0.29) is 5.91 Å². The Labute approximate surface area is 128 Å². The summed E-state index contributed by atoms with van der Waals surface area (Å²) in [5.74, 6) is 1.15. The quantitative estimate of drug-likeness (QED) is 0.615. The molecule has 1 N–H and O–H groups in total. The molecular formula is C13H22N4OS2. The van der Waals surface area contributed by atoms with E-state index in [1.54, 1.807) is 23.1 Å². The van der Waals surface area contributed by atoms with Crippen LogP contribution in [0.4, 0.5) is 0 Å². The van der Waals surface area contributed by atoms with E-state index in [0.29, 0.717) is 12.5 Å². The van der Waals surface area contributed by atoms with Gasteiger partial charge in [0.15, 0.2) is 4.34 Å². The summed E-state index contributed by atoms with van der Waals surface area (Å²) < 4.78 is 1.02. The molecule has 1 aliphatic rings. The van der Waals surface area contributed by atoms with E-state index in [1.807, 2.05) is 6.92 Å². The van der Waals surface area contributed by atoms with Crippen LogP contribution >= 0.6 is 23.1 Å². The summed E-state index contributed by atoms with van der Waals surface area (Å²) >= 11 is 3.33. The Balaban J connectivity index is 1.53. The molecule has 1 atom stereocenters. The summed E-state index contributed by atoms with van der Waals surface area (Å²) in [4.78, 5) is 14.1. The molecule has 7 heteroatoms. The fourth-order valence-corrected chi connectivity index (χ4v) is 4.14. The van der Waals surface area contributed by atoms with Gasteiger partial charge >= 0.3 is 0 Å². The van der Waals surface area contributed by atoms with E-state index >= 15 is 0 Å². The third-order valence-electron chi connectivity index (χ3n) is 3.47. The lowest BCUT2D eigenvalue weighted by Crippen LogP contribution is -2.33. The van der Waals surface area contributed by atoms with Crippen molar-refractivity contribution < 1.29 is 4.79 Å². The van der Waals surface area contributed by atoms with Crippen molar-refractivity contribution >= 4 is 29.0 Å². The average molecular weight is 314 g/mol. The topological polar surface area (TPSA) is 58.1 Å². The first-order chi connectivity index (χ1) is 9.65. The zero-order valence-electron chi connectivity index (χ0n) is 12.1. The highest BCUT2D eigenvalue weighted by molar-refractivity contribution is 8.01. The third-order valence-corrected chi connectivity index (χ3v) is 5.53. The Morgan fingerprint density at radius 1 is 1.55 bits per heavy atom. The molecule has 1 aromatic heterocycles. The summed E-state index contributed by atoms with van der Waals surface area (Å²) in [7, 11) is 2.10. The van der Waals surface area contributed by atoms with Gasteiger partial charge in [-0.15, -0.1) is 10.2 Å². The lowest BCUT2D eigenvalue weighted by atomic mass is 10.1. The molecule has 20 heavy (non-hydrogen) atoms. The zero-order chi connectivity index (χ0) is 14.4. The van der Waals surface area contributed by atoms with Gasteiger partial charge in [-0.05, 0) is 39.8 Å². The van der Waals surface area contributed by atoms with E-state index < -0.39 is 0 Å². The number of nitrogens with zero attached hydrogens (tertiary/aromatic N) is 3. The van der Waals surface area contributed by atoms with Gasteiger partial charge in [-0.3, -0.25) is 4.79 Å². The number of hydrogen-bond acceptors (Lipinski definition) is 6. The van der Waals surface area contributed by atoms with Crippen LogP contribution in [0.25, 0.3) is 0 Å². The SMILES string of the molecule is Cc1nnc(SCCCNC(=O)CC2CCCN2C)s1. The average Bonchev–Trinajstić information content (AvgIpc) is 2.99. The van der Waals surface area contributed by atoms with Crippen LogP contribution in [0.15, 0.2) is 4.34 Å². The monoisotopic (exact) mass is 314 g/mol.